The highest BCUT2D eigenvalue weighted by Gasteiger charge is 2.28. The van der Waals surface area contributed by atoms with Crippen molar-refractivity contribution in [3.05, 3.63) is 11.6 Å². The summed E-state index contributed by atoms with van der Waals surface area (Å²) in [4.78, 5) is 9.05. The minimum absolute atomic E-state index is 0.456. The molecular formula is C12H21N3OS. The highest BCUT2D eigenvalue weighted by atomic mass is 32.1. The van der Waals surface area contributed by atoms with Crippen molar-refractivity contribution < 1.29 is 5.11 Å². The van der Waals surface area contributed by atoms with Crippen molar-refractivity contribution in [1.29, 1.82) is 0 Å². The third-order valence-corrected chi connectivity index (χ3v) is 3.80. The molecule has 1 aliphatic heterocycles. The van der Waals surface area contributed by atoms with Crippen LogP contribution in [0.3, 0.4) is 0 Å². The zero-order valence-corrected chi connectivity index (χ0v) is 11.6. The zero-order chi connectivity index (χ0) is 12.5. The molecular weight excluding hydrogens is 234 g/mol. The van der Waals surface area contributed by atoms with E-state index in [1.165, 1.54) is 0 Å². The lowest BCUT2D eigenvalue weighted by molar-refractivity contribution is 0.0308. The monoisotopic (exact) mass is 255 g/mol. The summed E-state index contributed by atoms with van der Waals surface area (Å²) in [6.45, 7) is 9.67. The first-order valence-corrected chi connectivity index (χ1v) is 6.94. The first-order chi connectivity index (χ1) is 7.96. The lowest BCUT2D eigenvalue weighted by Gasteiger charge is -2.41. The number of aromatic nitrogens is 1. The van der Waals surface area contributed by atoms with Crippen molar-refractivity contribution >= 4 is 16.5 Å². The van der Waals surface area contributed by atoms with Crippen LogP contribution in [0.15, 0.2) is 11.6 Å². The van der Waals surface area contributed by atoms with Gasteiger partial charge in [0.15, 0.2) is 5.13 Å². The number of thiazole rings is 1. The maximum atomic E-state index is 9.84. The molecule has 1 atom stereocenters. The molecule has 0 spiro atoms. The molecule has 0 saturated carbocycles. The van der Waals surface area contributed by atoms with Gasteiger partial charge in [0, 0.05) is 43.8 Å². The molecule has 5 heteroatoms. The third kappa shape index (κ3) is 3.40. The molecule has 0 radical (unpaired) electrons. The average Bonchev–Trinajstić information content (AvgIpc) is 2.68. The fourth-order valence-corrected chi connectivity index (χ4v) is 3.14. The second-order valence-corrected chi connectivity index (χ2v) is 6.28. The molecule has 1 aromatic rings. The van der Waals surface area contributed by atoms with Gasteiger partial charge in [0.05, 0.1) is 5.60 Å². The Morgan fingerprint density at radius 2 is 2.29 bits per heavy atom. The number of β-amino-alcohol motifs (C(OH)–C–C–N with tert-alkyl or cyclic N) is 1. The minimum atomic E-state index is -0.608. The van der Waals surface area contributed by atoms with Gasteiger partial charge >= 0.3 is 0 Å². The second kappa shape index (κ2) is 4.92. The molecule has 1 aliphatic rings. The Hall–Kier alpha value is -0.650. The standard InChI is InChI=1S/C12H21N3OS/c1-10-8-14(9-12(2,3)16)5-6-15(10)11-13-4-7-17-11/h4,7,10,16H,5-6,8-9H2,1-3H3. The van der Waals surface area contributed by atoms with Crippen LogP contribution in [0.5, 0.6) is 0 Å². The number of hydrogen-bond acceptors (Lipinski definition) is 5. The summed E-state index contributed by atoms with van der Waals surface area (Å²) in [5.74, 6) is 0. The maximum Gasteiger partial charge on any atom is 0.185 e. The van der Waals surface area contributed by atoms with Gasteiger partial charge in [0.2, 0.25) is 0 Å². The van der Waals surface area contributed by atoms with Crippen molar-refractivity contribution in [2.45, 2.75) is 32.4 Å². The van der Waals surface area contributed by atoms with Crippen LogP contribution in [-0.2, 0) is 0 Å². The van der Waals surface area contributed by atoms with E-state index >= 15 is 0 Å². The van der Waals surface area contributed by atoms with Crippen LogP contribution in [0.1, 0.15) is 20.8 Å². The van der Waals surface area contributed by atoms with Crippen LogP contribution < -0.4 is 4.90 Å². The second-order valence-electron chi connectivity index (χ2n) is 5.40. The van der Waals surface area contributed by atoms with Crippen LogP contribution in [0, 0.1) is 0 Å². The summed E-state index contributed by atoms with van der Waals surface area (Å²) in [6, 6.07) is 0.456. The number of rotatable bonds is 3. The molecule has 0 bridgehead atoms. The normalized spacial score (nSPS) is 23.1. The topological polar surface area (TPSA) is 39.6 Å². The van der Waals surface area contributed by atoms with Gasteiger partial charge in [-0.25, -0.2) is 4.98 Å². The Morgan fingerprint density at radius 1 is 1.53 bits per heavy atom. The van der Waals surface area contributed by atoms with Crippen molar-refractivity contribution in [3.8, 4) is 0 Å². The van der Waals surface area contributed by atoms with E-state index in [1.807, 2.05) is 25.4 Å². The van der Waals surface area contributed by atoms with Gasteiger partial charge in [-0.2, -0.15) is 0 Å². The SMILES string of the molecule is CC1CN(CC(C)(C)O)CCN1c1nccs1. The Bertz CT molecular complexity index is 347. The number of anilines is 1. The largest absolute Gasteiger partial charge is 0.389 e. The molecule has 1 N–H and O–H groups in total. The van der Waals surface area contributed by atoms with E-state index in [0.717, 1.165) is 31.3 Å². The highest BCUT2D eigenvalue weighted by Crippen LogP contribution is 2.23. The van der Waals surface area contributed by atoms with Crippen LogP contribution in [0.4, 0.5) is 5.13 Å². The van der Waals surface area contributed by atoms with Gasteiger partial charge in [0.1, 0.15) is 0 Å². The van der Waals surface area contributed by atoms with Crippen molar-refractivity contribution in [1.82, 2.24) is 9.88 Å². The minimum Gasteiger partial charge on any atom is -0.389 e. The fourth-order valence-electron chi connectivity index (χ4n) is 2.37. The van der Waals surface area contributed by atoms with Crippen molar-refractivity contribution in [2.24, 2.45) is 0 Å². The molecule has 0 aromatic carbocycles. The number of piperazine rings is 1. The van der Waals surface area contributed by atoms with E-state index in [9.17, 15) is 5.11 Å². The highest BCUT2D eigenvalue weighted by molar-refractivity contribution is 7.13. The van der Waals surface area contributed by atoms with Gasteiger partial charge in [-0.05, 0) is 20.8 Å². The number of hydrogen-bond donors (Lipinski definition) is 1. The summed E-state index contributed by atoms with van der Waals surface area (Å²) in [7, 11) is 0. The average molecular weight is 255 g/mol. The van der Waals surface area contributed by atoms with Gasteiger partial charge < -0.3 is 10.0 Å². The maximum absolute atomic E-state index is 9.84. The fraction of sp³-hybridized carbons (Fsp3) is 0.750. The molecule has 17 heavy (non-hydrogen) atoms. The van der Waals surface area contributed by atoms with E-state index in [1.54, 1.807) is 11.3 Å². The van der Waals surface area contributed by atoms with Crippen molar-refractivity contribution in [3.63, 3.8) is 0 Å². The van der Waals surface area contributed by atoms with E-state index in [-0.39, 0.29) is 0 Å². The van der Waals surface area contributed by atoms with Gasteiger partial charge in [-0.3, -0.25) is 4.90 Å². The first kappa shape index (κ1) is 12.8. The predicted octanol–water partition coefficient (Wildman–Crippen LogP) is 1.42. The van der Waals surface area contributed by atoms with Gasteiger partial charge in [0.25, 0.3) is 0 Å². The Kier molecular flexibility index (Phi) is 3.70. The van der Waals surface area contributed by atoms with Crippen LogP contribution in [0.25, 0.3) is 0 Å². The molecule has 0 amide bonds. The lowest BCUT2D eigenvalue weighted by atomic mass is 10.1. The van der Waals surface area contributed by atoms with E-state index in [0.29, 0.717) is 6.04 Å². The molecule has 96 valence electrons. The van der Waals surface area contributed by atoms with Crippen LogP contribution in [-0.4, -0.2) is 52.8 Å². The molecule has 1 unspecified atom stereocenters. The summed E-state index contributed by atoms with van der Waals surface area (Å²) in [6.07, 6.45) is 1.86. The summed E-state index contributed by atoms with van der Waals surface area (Å²) >= 11 is 1.69. The summed E-state index contributed by atoms with van der Waals surface area (Å²) < 4.78 is 0. The quantitative estimate of drug-likeness (QED) is 0.887. The lowest BCUT2D eigenvalue weighted by Crippen LogP contribution is -2.54. The zero-order valence-electron chi connectivity index (χ0n) is 10.8. The Morgan fingerprint density at radius 3 is 2.82 bits per heavy atom. The summed E-state index contributed by atoms with van der Waals surface area (Å²) in [5, 5.41) is 13.0. The molecule has 1 saturated heterocycles. The number of nitrogens with zero attached hydrogens (tertiary/aromatic N) is 3. The molecule has 0 aliphatic carbocycles. The molecule has 4 nitrogen and oxygen atoms in total. The third-order valence-electron chi connectivity index (χ3n) is 2.99. The molecule has 2 heterocycles. The van der Waals surface area contributed by atoms with E-state index in [4.69, 9.17) is 0 Å². The van der Waals surface area contributed by atoms with Gasteiger partial charge in [-0.15, -0.1) is 11.3 Å². The van der Waals surface area contributed by atoms with Crippen LogP contribution >= 0.6 is 11.3 Å². The van der Waals surface area contributed by atoms with Crippen LogP contribution in [0.2, 0.25) is 0 Å². The van der Waals surface area contributed by atoms with E-state index < -0.39 is 5.60 Å². The van der Waals surface area contributed by atoms with Crippen molar-refractivity contribution in [2.75, 3.05) is 31.1 Å². The Balaban J connectivity index is 1.94. The summed E-state index contributed by atoms with van der Waals surface area (Å²) in [5.41, 5.74) is -0.608. The molecule has 1 aromatic heterocycles. The smallest absolute Gasteiger partial charge is 0.185 e. The molecule has 1 fully saturated rings. The Labute approximate surface area is 107 Å². The molecule has 2 rings (SSSR count). The number of aliphatic hydroxyl groups is 1. The van der Waals surface area contributed by atoms with E-state index in [2.05, 4.69) is 21.7 Å². The van der Waals surface area contributed by atoms with Gasteiger partial charge in [-0.1, -0.05) is 0 Å². The predicted molar refractivity (Wildman–Crippen MR) is 71.7 cm³/mol. The first-order valence-electron chi connectivity index (χ1n) is 6.06.